The van der Waals surface area contributed by atoms with Crippen molar-refractivity contribution in [1.82, 2.24) is 0 Å². The highest BCUT2D eigenvalue weighted by molar-refractivity contribution is 5.69. The molecule has 0 aliphatic heterocycles. The van der Waals surface area contributed by atoms with Crippen LogP contribution in [0, 0.1) is 11.8 Å². The standard InChI is InChI=1S/C16H31NO2/c1-3-13(11-12-17)9-10-16(18)19-15-8-6-5-7-14(15)4-2/h13-15H,3-12,17H2,1-2H3. The predicted octanol–water partition coefficient (Wildman–Crippen LogP) is 3.65. The third-order valence-electron chi connectivity index (χ3n) is 4.56. The van der Waals surface area contributed by atoms with E-state index in [-0.39, 0.29) is 12.1 Å². The van der Waals surface area contributed by atoms with Crippen LogP contribution in [-0.4, -0.2) is 18.6 Å². The fraction of sp³-hybridized carbons (Fsp3) is 0.938. The molecule has 0 aromatic heterocycles. The van der Waals surface area contributed by atoms with E-state index < -0.39 is 0 Å². The van der Waals surface area contributed by atoms with E-state index in [1.54, 1.807) is 0 Å². The molecule has 0 bridgehead atoms. The first-order valence-electron chi connectivity index (χ1n) is 8.10. The number of nitrogens with two attached hydrogens (primary N) is 1. The van der Waals surface area contributed by atoms with Gasteiger partial charge in [0.1, 0.15) is 6.10 Å². The number of carbonyl (C=O) groups is 1. The lowest BCUT2D eigenvalue weighted by Crippen LogP contribution is -2.29. The SMILES string of the molecule is CCC(CCN)CCC(=O)OC1CCCCC1CC. The summed E-state index contributed by atoms with van der Waals surface area (Å²) in [6.07, 6.45) is 9.70. The van der Waals surface area contributed by atoms with E-state index in [9.17, 15) is 4.79 Å². The lowest BCUT2D eigenvalue weighted by molar-refractivity contribution is -0.154. The fourth-order valence-electron chi connectivity index (χ4n) is 3.13. The van der Waals surface area contributed by atoms with Crippen molar-refractivity contribution in [3.05, 3.63) is 0 Å². The van der Waals surface area contributed by atoms with E-state index in [2.05, 4.69) is 13.8 Å². The van der Waals surface area contributed by atoms with Crippen LogP contribution in [0.5, 0.6) is 0 Å². The van der Waals surface area contributed by atoms with Crippen molar-refractivity contribution in [2.45, 2.75) is 77.7 Å². The molecule has 3 atom stereocenters. The smallest absolute Gasteiger partial charge is 0.306 e. The van der Waals surface area contributed by atoms with E-state index in [4.69, 9.17) is 10.5 Å². The Balaban J connectivity index is 2.29. The molecule has 3 nitrogen and oxygen atoms in total. The summed E-state index contributed by atoms with van der Waals surface area (Å²) in [5.41, 5.74) is 5.58. The quantitative estimate of drug-likeness (QED) is 0.684. The average molecular weight is 269 g/mol. The van der Waals surface area contributed by atoms with E-state index >= 15 is 0 Å². The van der Waals surface area contributed by atoms with Crippen LogP contribution in [-0.2, 0) is 9.53 Å². The predicted molar refractivity (Wildman–Crippen MR) is 78.8 cm³/mol. The van der Waals surface area contributed by atoms with Gasteiger partial charge in [0.15, 0.2) is 0 Å². The second kappa shape index (κ2) is 9.35. The normalized spacial score (nSPS) is 25.0. The van der Waals surface area contributed by atoms with E-state index in [1.807, 2.05) is 0 Å². The molecular weight excluding hydrogens is 238 g/mol. The van der Waals surface area contributed by atoms with Crippen molar-refractivity contribution >= 4 is 5.97 Å². The molecule has 0 aromatic rings. The van der Waals surface area contributed by atoms with E-state index in [0.29, 0.717) is 24.8 Å². The van der Waals surface area contributed by atoms with Gasteiger partial charge in [0, 0.05) is 6.42 Å². The van der Waals surface area contributed by atoms with Crippen LogP contribution in [0.2, 0.25) is 0 Å². The molecule has 0 aromatic carbocycles. The Morgan fingerprint density at radius 1 is 1.26 bits per heavy atom. The molecule has 0 amide bonds. The third-order valence-corrected chi connectivity index (χ3v) is 4.56. The number of hydrogen-bond donors (Lipinski definition) is 1. The molecule has 19 heavy (non-hydrogen) atoms. The number of rotatable bonds is 8. The molecule has 0 heterocycles. The van der Waals surface area contributed by atoms with Crippen LogP contribution in [0.15, 0.2) is 0 Å². The molecule has 0 saturated heterocycles. The first-order valence-corrected chi connectivity index (χ1v) is 8.10. The van der Waals surface area contributed by atoms with Crippen molar-refractivity contribution in [3.63, 3.8) is 0 Å². The summed E-state index contributed by atoms with van der Waals surface area (Å²) in [6.45, 7) is 5.08. The third kappa shape index (κ3) is 5.94. The van der Waals surface area contributed by atoms with Crippen molar-refractivity contribution in [1.29, 1.82) is 0 Å². The second-order valence-electron chi connectivity index (χ2n) is 5.87. The molecule has 3 heteroatoms. The van der Waals surface area contributed by atoms with Gasteiger partial charge in [0.2, 0.25) is 0 Å². The first kappa shape index (κ1) is 16.5. The molecule has 3 unspecified atom stereocenters. The molecule has 1 fully saturated rings. The maximum Gasteiger partial charge on any atom is 0.306 e. The second-order valence-corrected chi connectivity index (χ2v) is 5.87. The molecule has 0 spiro atoms. The summed E-state index contributed by atoms with van der Waals surface area (Å²) in [7, 11) is 0. The van der Waals surface area contributed by atoms with Crippen molar-refractivity contribution in [2.75, 3.05) is 6.54 Å². The Labute approximate surface area is 118 Å². The molecule has 112 valence electrons. The highest BCUT2D eigenvalue weighted by atomic mass is 16.5. The first-order chi connectivity index (χ1) is 9.21. The fourth-order valence-corrected chi connectivity index (χ4v) is 3.13. The van der Waals surface area contributed by atoms with Gasteiger partial charge in [-0.05, 0) is 56.9 Å². The summed E-state index contributed by atoms with van der Waals surface area (Å²) in [4.78, 5) is 11.9. The summed E-state index contributed by atoms with van der Waals surface area (Å²) in [6, 6.07) is 0. The average Bonchev–Trinajstić information content (AvgIpc) is 2.44. The highest BCUT2D eigenvalue weighted by Gasteiger charge is 2.26. The monoisotopic (exact) mass is 269 g/mol. The van der Waals surface area contributed by atoms with Crippen molar-refractivity contribution < 1.29 is 9.53 Å². The van der Waals surface area contributed by atoms with Gasteiger partial charge in [-0.15, -0.1) is 0 Å². The molecule has 0 radical (unpaired) electrons. The highest BCUT2D eigenvalue weighted by Crippen LogP contribution is 2.29. The zero-order valence-electron chi connectivity index (χ0n) is 12.7. The minimum absolute atomic E-state index is 0.000761. The Morgan fingerprint density at radius 3 is 2.63 bits per heavy atom. The maximum absolute atomic E-state index is 11.9. The van der Waals surface area contributed by atoms with Crippen molar-refractivity contribution in [2.24, 2.45) is 17.6 Å². The Kier molecular flexibility index (Phi) is 8.11. The Hall–Kier alpha value is -0.570. The number of carbonyl (C=O) groups excluding carboxylic acids is 1. The zero-order valence-corrected chi connectivity index (χ0v) is 12.7. The molecule has 1 aliphatic rings. The molecule has 1 rings (SSSR count). The van der Waals surface area contributed by atoms with Gasteiger partial charge in [-0.3, -0.25) is 4.79 Å². The Bertz CT molecular complexity index is 255. The number of esters is 1. The lowest BCUT2D eigenvalue weighted by atomic mass is 9.85. The van der Waals surface area contributed by atoms with Crippen LogP contribution < -0.4 is 5.73 Å². The molecule has 1 saturated carbocycles. The van der Waals surface area contributed by atoms with Gasteiger partial charge < -0.3 is 10.5 Å². The number of ether oxygens (including phenoxy) is 1. The summed E-state index contributed by atoms with van der Waals surface area (Å²) in [5, 5.41) is 0. The lowest BCUT2D eigenvalue weighted by Gasteiger charge is -2.30. The van der Waals surface area contributed by atoms with Gasteiger partial charge in [-0.25, -0.2) is 0 Å². The van der Waals surface area contributed by atoms with Gasteiger partial charge in [-0.2, -0.15) is 0 Å². The van der Waals surface area contributed by atoms with E-state index in [1.165, 1.54) is 19.3 Å². The Morgan fingerprint density at radius 2 is 2.00 bits per heavy atom. The largest absolute Gasteiger partial charge is 0.462 e. The molecular formula is C16H31NO2. The summed E-state index contributed by atoms with van der Waals surface area (Å²) in [5.74, 6) is 1.16. The van der Waals surface area contributed by atoms with Gasteiger partial charge >= 0.3 is 5.97 Å². The van der Waals surface area contributed by atoms with Crippen LogP contribution >= 0.6 is 0 Å². The van der Waals surface area contributed by atoms with Gasteiger partial charge in [0.25, 0.3) is 0 Å². The molecule has 2 N–H and O–H groups in total. The summed E-state index contributed by atoms with van der Waals surface area (Å²) < 4.78 is 5.70. The zero-order chi connectivity index (χ0) is 14.1. The van der Waals surface area contributed by atoms with Crippen LogP contribution in [0.4, 0.5) is 0 Å². The minimum Gasteiger partial charge on any atom is -0.462 e. The molecule has 1 aliphatic carbocycles. The minimum atomic E-state index is 0.000761. The topological polar surface area (TPSA) is 52.3 Å². The van der Waals surface area contributed by atoms with E-state index in [0.717, 1.165) is 32.1 Å². The maximum atomic E-state index is 11.9. The number of hydrogen-bond acceptors (Lipinski definition) is 3. The summed E-state index contributed by atoms with van der Waals surface area (Å²) >= 11 is 0. The van der Waals surface area contributed by atoms with Crippen molar-refractivity contribution in [3.8, 4) is 0 Å². The van der Waals surface area contributed by atoms with Crippen LogP contribution in [0.3, 0.4) is 0 Å². The van der Waals surface area contributed by atoms with Gasteiger partial charge in [-0.1, -0.05) is 26.7 Å². The van der Waals surface area contributed by atoms with Gasteiger partial charge in [0.05, 0.1) is 0 Å². The van der Waals surface area contributed by atoms with Crippen LogP contribution in [0.1, 0.15) is 71.6 Å². The van der Waals surface area contributed by atoms with Crippen LogP contribution in [0.25, 0.3) is 0 Å².